The Hall–Kier alpha value is -1.06. The molecule has 1 unspecified atom stereocenters. The molecular weight excluding hydrogens is 170 g/mol. The average molecular weight is 185 g/mol. The zero-order valence-corrected chi connectivity index (χ0v) is 7.53. The van der Waals surface area contributed by atoms with Crippen LogP contribution in [0, 0.1) is 5.92 Å². The van der Waals surface area contributed by atoms with Crippen LogP contribution in [0.4, 0.5) is 0 Å². The fourth-order valence-corrected chi connectivity index (χ4v) is 1.39. The lowest BCUT2D eigenvalue weighted by Gasteiger charge is -2.12. The smallest absolute Gasteiger partial charge is 0.305 e. The van der Waals surface area contributed by atoms with Crippen LogP contribution in [-0.2, 0) is 9.59 Å². The van der Waals surface area contributed by atoms with Gasteiger partial charge in [0, 0.05) is 6.04 Å². The second kappa shape index (κ2) is 4.84. The molecule has 0 aromatic carbocycles. The van der Waals surface area contributed by atoms with E-state index >= 15 is 0 Å². The summed E-state index contributed by atoms with van der Waals surface area (Å²) in [5.74, 6) is -0.0695. The summed E-state index contributed by atoms with van der Waals surface area (Å²) < 4.78 is 0. The Bertz CT molecular complexity index is 189. The third kappa shape index (κ3) is 4.50. The maximum absolute atomic E-state index is 10.4. The molecule has 1 aliphatic rings. The second-order valence-corrected chi connectivity index (χ2v) is 3.60. The maximum atomic E-state index is 10.4. The number of carboxylic acids is 1. The lowest BCUT2D eigenvalue weighted by molar-refractivity contribution is -0.137. The zero-order valence-electron chi connectivity index (χ0n) is 7.53. The van der Waals surface area contributed by atoms with Gasteiger partial charge in [0.2, 0.25) is 6.41 Å². The summed E-state index contributed by atoms with van der Waals surface area (Å²) in [5.41, 5.74) is 0. The Kier molecular flexibility index (Phi) is 3.73. The van der Waals surface area contributed by atoms with Crippen molar-refractivity contribution in [1.29, 1.82) is 0 Å². The fraction of sp³-hybridized carbons (Fsp3) is 0.778. The van der Waals surface area contributed by atoms with Gasteiger partial charge in [-0.1, -0.05) is 12.8 Å². The molecule has 0 bridgehead atoms. The minimum absolute atomic E-state index is 0.0332. The van der Waals surface area contributed by atoms with Gasteiger partial charge >= 0.3 is 5.97 Å². The quantitative estimate of drug-likeness (QED) is 0.575. The topological polar surface area (TPSA) is 66.4 Å². The van der Waals surface area contributed by atoms with Crippen molar-refractivity contribution in [3.63, 3.8) is 0 Å². The van der Waals surface area contributed by atoms with Crippen molar-refractivity contribution in [3.05, 3.63) is 0 Å². The summed E-state index contributed by atoms with van der Waals surface area (Å²) in [6.45, 7) is 0. The van der Waals surface area contributed by atoms with Crippen LogP contribution >= 0.6 is 0 Å². The Labute approximate surface area is 77.3 Å². The van der Waals surface area contributed by atoms with Crippen LogP contribution in [0.25, 0.3) is 0 Å². The number of hydrogen-bond acceptors (Lipinski definition) is 2. The average Bonchev–Trinajstić information content (AvgIpc) is 2.82. The molecule has 0 radical (unpaired) electrons. The van der Waals surface area contributed by atoms with Crippen molar-refractivity contribution in [2.45, 2.75) is 38.1 Å². The van der Waals surface area contributed by atoms with Crippen LogP contribution in [0.5, 0.6) is 0 Å². The molecule has 0 aromatic heterocycles. The summed E-state index contributed by atoms with van der Waals surface area (Å²) in [6.07, 6.45) is 4.97. The molecule has 13 heavy (non-hydrogen) atoms. The minimum Gasteiger partial charge on any atom is -0.481 e. The monoisotopic (exact) mass is 185 g/mol. The van der Waals surface area contributed by atoms with Gasteiger partial charge in [-0.25, -0.2) is 0 Å². The Balaban J connectivity index is 2.18. The van der Waals surface area contributed by atoms with Crippen molar-refractivity contribution in [2.75, 3.05) is 0 Å². The van der Waals surface area contributed by atoms with Gasteiger partial charge in [0.15, 0.2) is 0 Å². The first-order valence-corrected chi connectivity index (χ1v) is 4.64. The van der Waals surface area contributed by atoms with Gasteiger partial charge < -0.3 is 10.4 Å². The highest BCUT2D eigenvalue weighted by Gasteiger charge is 2.23. The highest BCUT2D eigenvalue weighted by molar-refractivity contribution is 5.68. The summed E-state index contributed by atoms with van der Waals surface area (Å²) in [6, 6.07) is -0.185. The molecule has 1 fully saturated rings. The predicted molar refractivity (Wildman–Crippen MR) is 47.2 cm³/mol. The number of aliphatic carboxylic acids is 1. The second-order valence-electron chi connectivity index (χ2n) is 3.60. The van der Waals surface area contributed by atoms with Gasteiger partial charge in [-0.15, -0.1) is 0 Å². The molecule has 0 heterocycles. The van der Waals surface area contributed by atoms with Gasteiger partial charge in [-0.3, -0.25) is 9.59 Å². The lowest BCUT2D eigenvalue weighted by Crippen LogP contribution is -2.30. The molecule has 4 heteroatoms. The Morgan fingerprint density at radius 1 is 1.62 bits per heavy atom. The molecule has 0 aromatic rings. The number of nitrogens with one attached hydrogen (secondary N) is 1. The first kappa shape index (κ1) is 10.0. The SMILES string of the molecule is O=CNC(CCC1CC1)CC(=O)O. The molecule has 1 saturated carbocycles. The molecule has 1 amide bonds. The number of rotatable bonds is 7. The molecule has 1 rings (SSSR count). The largest absolute Gasteiger partial charge is 0.481 e. The van der Waals surface area contributed by atoms with Crippen molar-refractivity contribution >= 4 is 12.4 Å². The van der Waals surface area contributed by atoms with E-state index in [1.54, 1.807) is 0 Å². The molecule has 1 aliphatic carbocycles. The first-order chi connectivity index (χ1) is 6.22. The van der Waals surface area contributed by atoms with E-state index in [1.165, 1.54) is 12.8 Å². The standard InChI is InChI=1S/C9H15NO3/c11-6-10-8(5-9(12)13)4-3-7-1-2-7/h6-8H,1-5H2,(H,10,11)(H,12,13). The summed E-state index contributed by atoms with van der Waals surface area (Å²) >= 11 is 0. The third-order valence-electron chi connectivity index (χ3n) is 2.35. The Morgan fingerprint density at radius 3 is 2.77 bits per heavy atom. The molecule has 74 valence electrons. The van der Waals surface area contributed by atoms with E-state index in [-0.39, 0.29) is 12.5 Å². The van der Waals surface area contributed by atoms with E-state index in [4.69, 9.17) is 5.11 Å². The number of carbonyl (C=O) groups is 2. The van der Waals surface area contributed by atoms with E-state index in [1.807, 2.05) is 0 Å². The maximum Gasteiger partial charge on any atom is 0.305 e. The molecule has 2 N–H and O–H groups in total. The van der Waals surface area contributed by atoms with E-state index in [9.17, 15) is 9.59 Å². The van der Waals surface area contributed by atoms with Gasteiger partial charge in [-0.2, -0.15) is 0 Å². The lowest BCUT2D eigenvalue weighted by atomic mass is 10.1. The Morgan fingerprint density at radius 2 is 2.31 bits per heavy atom. The van der Waals surface area contributed by atoms with Crippen LogP contribution < -0.4 is 5.32 Å². The molecule has 4 nitrogen and oxygen atoms in total. The van der Waals surface area contributed by atoms with Crippen LogP contribution in [0.2, 0.25) is 0 Å². The van der Waals surface area contributed by atoms with Gasteiger partial charge in [0.25, 0.3) is 0 Å². The van der Waals surface area contributed by atoms with Crippen LogP contribution in [-0.4, -0.2) is 23.5 Å². The highest BCUT2D eigenvalue weighted by Crippen LogP contribution is 2.34. The molecule has 0 aliphatic heterocycles. The number of amides is 1. The van der Waals surface area contributed by atoms with Crippen LogP contribution in [0.3, 0.4) is 0 Å². The van der Waals surface area contributed by atoms with E-state index in [0.717, 1.165) is 18.8 Å². The van der Waals surface area contributed by atoms with Crippen LogP contribution in [0.15, 0.2) is 0 Å². The van der Waals surface area contributed by atoms with Gasteiger partial charge in [0.1, 0.15) is 0 Å². The summed E-state index contributed by atoms with van der Waals surface area (Å²) in [5, 5.41) is 11.1. The summed E-state index contributed by atoms with van der Waals surface area (Å²) in [4.78, 5) is 20.5. The fourth-order valence-electron chi connectivity index (χ4n) is 1.39. The predicted octanol–water partition coefficient (Wildman–Crippen LogP) is 0.766. The number of hydrogen-bond donors (Lipinski definition) is 2. The highest BCUT2D eigenvalue weighted by atomic mass is 16.4. The molecule has 1 atom stereocenters. The minimum atomic E-state index is -0.852. The van der Waals surface area contributed by atoms with E-state index < -0.39 is 5.97 Å². The van der Waals surface area contributed by atoms with Crippen molar-refractivity contribution in [3.8, 4) is 0 Å². The zero-order chi connectivity index (χ0) is 9.68. The number of carbonyl (C=O) groups excluding carboxylic acids is 1. The molecular formula is C9H15NO3. The van der Waals surface area contributed by atoms with Crippen molar-refractivity contribution in [1.82, 2.24) is 5.32 Å². The summed E-state index contributed by atoms with van der Waals surface area (Å²) in [7, 11) is 0. The first-order valence-electron chi connectivity index (χ1n) is 4.64. The van der Waals surface area contributed by atoms with Gasteiger partial charge in [0.05, 0.1) is 6.42 Å². The van der Waals surface area contributed by atoms with Crippen molar-refractivity contribution in [2.24, 2.45) is 5.92 Å². The molecule has 0 spiro atoms. The number of carboxylic acid groups (broad SMARTS) is 1. The van der Waals surface area contributed by atoms with E-state index in [0.29, 0.717) is 6.41 Å². The van der Waals surface area contributed by atoms with E-state index in [2.05, 4.69) is 5.32 Å². The van der Waals surface area contributed by atoms with Gasteiger partial charge in [-0.05, 0) is 18.8 Å². The van der Waals surface area contributed by atoms with Crippen LogP contribution in [0.1, 0.15) is 32.1 Å². The normalized spacial score (nSPS) is 17.8. The third-order valence-corrected chi connectivity index (χ3v) is 2.35. The molecule has 0 saturated heterocycles. The van der Waals surface area contributed by atoms with Crippen molar-refractivity contribution < 1.29 is 14.7 Å².